The molecule has 3 fully saturated rings. The summed E-state index contributed by atoms with van der Waals surface area (Å²) in [5, 5.41) is 15.1. The Kier molecular flexibility index (Phi) is 17.8. The number of methoxy groups -OCH3 is 2. The van der Waals surface area contributed by atoms with E-state index in [-0.39, 0.29) is 41.8 Å². The van der Waals surface area contributed by atoms with E-state index in [1.54, 1.807) is 25.1 Å². The predicted octanol–water partition coefficient (Wildman–Crippen LogP) is 8.27. The molecule has 4 aromatic carbocycles. The van der Waals surface area contributed by atoms with Gasteiger partial charge in [0.1, 0.15) is 41.7 Å². The van der Waals surface area contributed by atoms with E-state index in [2.05, 4.69) is 33.1 Å². The van der Waals surface area contributed by atoms with Crippen molar-refractivity contribution in [2.75, 3.05) is 32.8 Å². The maximum atomic E-state index is 13.1. The molecule has 2 aromatic heterocycles. The first-order valence-corrected chi connectivity index (χ1v) is 21.8. The maximum Gasteiger partial charge on any atom is 2.00 e. The van der Waals surface area contributed by atoms with Crippen molar-refractivity contribution in [1.29, 1.82) is 0 Å². The molecule has 2 aliphatic carbocycles. The zero-order chi connectivity index (χ0) is 44.9. The maximum absolute atomic E-state index is 13.1. The van der Waals surface area contributed by atoms with Crippen molar-refractivity contribution in [3.05, 3.63) is 208 Å². The summed E-state index contributed by atoms with van der Waals surface area (Å²) in [6, 6.07) is 35.0. The van der Waals surface area contributed by atoms with Gasteiger partial charge in [-0.2, -0.15) is 0 Å². The topological polar surface area (TPSA) is 139 Å². The van der Waals surface area contributed by atoms with Gasteiger partial charge in [0.05, 0.1) is 33.6 Å². The number of carbonyl (C=O) groups is 1. The smallest absolute Gasteiger partial charge is 0.497 e. The minimum Gasteiger partial charge on any atom is -0.497 e. The number of aliphatic hydroxyl groups is 1. The van der Waals surface area contributed by atoms with Crippen LogP contribution in [0.5, 0.6) is 11.5 Å². The van der Waals surface area contributed by atoms with Crippen molar-refractivity contribution in [3.8, 4) is 11.5 Å². The third-order valence-electron chi connectivity index (χ3n) is 11.5. The molecule has 13 heteroatoms. The van der Waals surface area contributed by atoms with E-state index < -0.39 is 30.1 Å². The van der Waals surface area contributed by atoms with Crippen LogP contribution in [-0.2, 0) is 48.1 Å². The van der Waals surface area contributed by atoms with E-state index in [0.29, 0.717) is 29.3 Å². The summed E-state index contributed by atoms with van der Waals surface area (Å²) in [5.41, 5.74) is 3.10. The molecule has 0 bridgehead atoms. The van der Waals surface area contributed by atoms with E-state index in [4.69, 9.17) is 23.7 Å². The number of nitrogens with one attached hydrogen (secondary N) is 1. The van der Waals surface area contributed by atoms with Crippen LogP contribution < -0.4 is 14.8 Å². The first-order chi connectivity index (χ1) is 32.0. The number of carbonyl (C=O) groups excluding carboxylic acids is 1. The minimum atomic E-state index is -1.14. The van der Waals surface area contributed by atoms with E-state index >= 15 is 0 Å². The summed E-state index contributed by atoms with van der Waals surface area (Å²) in [7, 11) is 3.27. The monoisotopic (exact) mass is 927 g/mol. The number of hydrogen-bond donors (Lipinski definition) is 2. The molecule has 1 saturated heterocycles. The number of imidazole rings is 1. The molecule has 0 spiro atoms. The van der Waals surface area contributed by atoms with Gasteiger partial charge in [0, 0.05) is 6.61 Å². The van der Waals surface area contributed by atoms with Gasteiger partial charge in [0.15, 0.2) is 23.2 Å². The van der Waals surface area contributed by atoms with E-state index in [1.165, 1.54) is 12.2 Å². The van der Waals surface area contributed by atoms with E-state index in [0.717, 1.165) is 41.5 Å². The molecule has 10 radical (unpaired) electrons. The average Bonchev–Trinajstić information content (AvgIpc) is 4.21. The number of amides is 1. The second-order valence-electron chi connectivity index (χ2n) is 15.7. The Labute approximate surface area is 399 Å². The molecule has 1 amide bonds. The Hall–Kier alpha value is -5.14. The van der Waals surface area contributed by atoms with Crippen LogP contribution in [0.25, 0.3) is 11.2 Å². The molecule has 4 atom stereocenters. The summed E-state index contributed by atoms with van der Waals surface area (Å²) in [6.07, 6.45) is 20.5. The van der Waals surface area contributed by atoms with Crippen molar-refractivity contribution in [2.24, 2.45) is 0 Å². The van der Waals surface area contributed by atoms with E-state index in [1.807, 2.05) is 154 Å². The van der Waals surface area contributed by atoms with Crippen molar-refractivity contribution in [2.45, 2.75) is 55.8 Å². The average molecular weight is 928 g/mol. The standard InChI is InChI=1S/C48H48N5O7.C5H5.Fe/c1-56-38-24-20-36(21-25-38)48(35-18-7-4-8-19-35,37-22-26-39(57-2)27-23-37)59-30-40-43(55)44(58-28-12-11-15-33-13-9-10-14-33)47(60-40)53-32-51-42-45(49-31-50-46(42)53)52-41(54)29-34-16-5-3-6-17-34;1-2-4-5-3-1;/h3-10,13-14,16-27,31-32,40,43-44,47,55H,11-12,15,28-30H2,1-2H3,(H,49,50,52,54);1-5H;/q;;+2/t40-,43-,44-,47-;;/m1../s1. The van der Waals surface area contributed by atoms with Crippen LogP contribution in [0.3, 0.4) is 0 Å². The summed E-state index contributed by atoms with van der Waals surface area (Å²) in [5.74, 6) is 2.73. The Balaban J connectivity index is 0.00000101. The van der Waals surface area contributed by atoms with Gasteiger partial charge in [-0.15, -0.1) is 0 Å². The fraction of sp³-hybridized carbons (Fsp3) is 0.245. The van der Waals surface area contributed by atoms with Crippen LogP contribution >= 0.6 is 0 Å². The van der Waals surface area contributed by atoms with Crippen molar-refractivity contribution in [1.82, 2.24) is 19.5 Å². The fourth-order valence-electron chi connectivity index (χ4n) is 8.18. The number of benzene rings is 4. The molecule has 66 heavy (non-hydrogen) atoms. The van der Waals surface area contributed by atoms with Gasteiger partial charge in [0.2, 0.25) is 5.91 Å². The Bertz CT molecular complexity index is 2320. The quantitative estimate of drug-likeness (QED) is 0.0492. The van der Waals surface area contributed by atoms with Gasteiger partial charge in [0.25, 0.3) is 0 Å². The number of aromatic nitrogens is 4. The first kappa shape index (κ1) is 48.8. The number of anilines is 1. The molecular weight excluding hydrogens is 874 g/mol. The molecule has 1 aliphatic heterocycles. The Morgan fingerprint density at radius 1 is 0.742 bits per heavy atom. The SMILES string of the molecule is COc1ccc(C(OC[C@H]2O[C@@H](n3cnc4c(NC(=O)Cc5ccccc5)ncnc43)[C@H](OCCCC[C]3[CH][CH][CH][CH]3)[C@@H]2O)(c2ccccc2)c2ccc(OC)cc2)cc1.[CH]1[CH][CH][CH][CH]1.[Fe+2]. The third kappa shape index (κ3) is 11.7. The molecule has 12 nitrogen and oxygen atoms in total. The summed E-state index contributed by atoms with van der Waals surface area (Å²) >= 11 is 0. The van der Waals surface area contributed by atoms with Crippen molar-refractivity contribution >= 4 is 22.9 Å². The van der Waals surface area contributed by atoms with E-state index in [9.17, 15) is 9.90 Å². The molecule has 6 aromatic rings. The summed E-state index contributed by atoms with van der Waals surface area (Å²) in [6.45, 7) is 0.369. The van der Waals surface area contributed by atoms with Gasteiger partial charge in [-0.05, 0) is 123 Å². The van der Waals surface area contributed by atoms with Gasteiger partial charge in [-0.1, -0.05) is 91.3 Å². The van der Waals surface area contributed by atoms with Crippen LogP contribution in [0.15, 0.2) is 122 Å². The molecule has 338 valence electrons. The van der Waals surface area contributed by atoms with Crippen LogP contribution in [0.1, 0.15) is 47.7 Å². The number of aliphatic hydroxyl groups excluding tert-OH is 1. The van der Waals surface area contributed by atoms with Crippen LogP contribution in [-0.4, -0.2) is 76.3 Å². The number of unbranched alkanes of at least 4 members (excludes halogenated alkanes) is 1. The molecule has 2 saturated carbocycles. The molecule has 9 rings (SSSR count). The number of ether oxygens (including phenoxy) is 5. The summed E-state index contributed by atoms with van der Waals surface area (Å²) < 4.78 is 33.2. The Morgan fingerprint density at radius 3 is 1.94 bits per heavy atom. The van der Waals surface area contributed by atoms with Crippen LogP contribution in [0.4, 0.5) is 5.82 Å². The minimum absolute atomic E-state index is 0. The van der Waals surface area contributed by atoms with Crippen molar-refractivity contribution < 1.29 is 50.7 Å². The van der Waals surface area contributed by atoms with Gasteiger partial charge >= 0.3 is 17.1 Å². The second-order valence-corrected chi connectivity index (χ2v) is 15.7. The predicted molar refractivity (Wildman–Crippen MR) is 248 cm³/mol. The van der Waals surface area contributed by atoms with Gasteiger partial charge in [-0.25, -0.2) is 15.0 Å². The molecular formula is C53H53FeN5O7+2. The number of fused-ring (bicyclic) bond motifs is 1. The molecule has 0 unspecified atom stereocenters. The normalized spacial score (nSPS) is 19.5. The zero-order valence-corrected chi connectivity index (χ0v) is 37.9. The largest absolute Gasteiger partial charge is 2.00 e. The van der Waals surface area contributed by atoms with Crippen LogP contribution in [0.2, 0.25) is 0 Å². The fourth-order valence-corrected chi connectivity index (χ4v) is 8.18. The van der Waals surface area contributed by atoms with Crippen molar-refractivity contribution in [3.63, 3.8) is 0 Å². The molecule has 2 N–H and O–H groups in total. The number of rotatable bonds is 18. The molecule has 3 heterocycles. The van der Waals surface area contributed by atoms with Gasteiger partial charge < -0.3 is 34.1 Å². The number of hydrogen-bond acceptors (Lipinski definition) is 10. The third-order valence-corrected chi connectivity index (χ3v) is 11.5. The van der Waals surface area contributed by atoms with Gasteiger partial charge in [-0.3, -0.25) is 9.36 Å². The second kappa shape index (κ2) is 24.0. The number of nitrogens with zero attached hydrogens (tertiary/aromatic N) is 4. The Morgan fingerprint density at radius 2 is 1.33 bits per heavy atom. The molecule has 3 aliphatic rings. The van der Waals surface area contributed by atoms with Crippen LogP contribution in [0, 0.1) is 63.7 Å². The summed E-state index contributed by atoms with van der Waals surface area (Å²) in [4.78, 5) is 26.6. The first-order valence-electron chi connectivity index (χ1n) is 21.8. The zero-order valence-electron chi connectivity index (χ0n) is 36.8.